The van der Waals surface area contributed by atoms with Crippen molar-refractivity contribution in [2.75, 3.05) is 0 Å². The quantitative estimate of drug-likeness (QED) is 0.506. The van der Waals surface area contributed by atoms with Crippen LogP contribution in [0.15, 0.2) is 52.4 Å². The predicted molar refractivity (Wildman–Crippen MR) is 94.8 cm³/mol. The van der Waals surface area contributed by atoms with Crippen LogP contribution in [0.1, 0.15) is 20.8 Å². The molecular formula is C16H10F3N5O5S. The van der Waals surface area contributed by atoms with Gasteiger partial charge in [-0.15, -0.1) is 0 Å². The fraction of sp³-hybridized carbons (Fsp3) is 0.0625. The SMILES string of the molecule is O=C(NNC(=O)c1n[nH]c(=O)c2ccccc12)c1cccnc1S(=O)(=O)C(F)(F)F. The molecule has 0 saturated carbocycles. The summed E-state index contributed by atoms with van der Waals surface area (Å²) < 4.78 is 61.7. The van der Waals surface area contributed by atoms with Crippen molar-refractivity contribution >= 4 is 32.4 Å². The van der Waals surface area contributed by atoms with E-state index in [1.54, 1.807) is 11.5 Å². The lowest BCUT2D eigenvalue weighted by Gasteiger charge is -2.12. The fourth-order valence-corrected chi connectivity index (χ4v) is 3.28. The maximum atomic E-state index is 12.8. The summed E-state index contributed by atoms with van der Waals surface area (Å²) in [7, 11) is -5.91. The van der Waals surface area contributed by atoms with Gasteiger partial charge < -0.3 is 0 Å². The summed E-state index contributed by atoms with van der Waals surface area (Å²) in [4.78, 5) is 39.4. The Morgan fingerprint density at radius 2 is 1.60 bits per heavy atom. The predicted octanol–water partition coefficient (Wildman–Crippen LogP) is 0.686. The number of pyridine rings is 1. The summed E-state index contributed by atoms with van der Waals surface area (Å²) in [5, 5.41) is 4.45. The number of hydrogen-bond donors (Lipinski definition) is 3. The Hall–Kier alpha value is -3.81. The summed E-state index contributed by atoms with van der Waals surface area (Å²) >= 11 is 0. The first-order chi connectivity index (χ1) is 14.0. The van der Waals surface area contributed by atoms with Gasteiger partial charge in [0, 0.05) is 11.6 Å². The molecule has 0 spiro atoms. The second-order valence-electron chi connectivity index (χ2n) is 5.66. The molecule has 3 N–H and O–H groups in total. The van der Waals surface area contributed by atoms with Crippen molar-refractivity contribution in [3.63, 3.8) is 0 Å². The van der Waals surface area contributed by atoms with E-state index in [9.17, 15) is 36.0 Å². The molecule has 10 nitrogen and oxygen atoms in total. The van der Waals surface area contributed by atoms with Gasteiger partial charge in [-0.05, 0) is 18.2 Å². The highest BCUT2D eigenvalue weighted by atomic mass is 32.2. The molecule has 0 bridgehead atoms. The molecule has 0 radical (unpaired) electrons. The van der Waals surface area contributed by atoms with Crippen LogP contribution >= 0.6 is 0 Å². The third kappa shape index (κ3) is 3.71. The number of rotatable bonds is 3. The molecule has 2 amide bonds. The van der Waals surface area contributed by atoms with Crippen LogP contribution in [0.25, 0.3) is 10.8 Å². The summed E-state index contributed by atoms with van der Waals surface area (Å²) in [6.07, 6.45) is 0.768. The van der Waals surface area contributed by atoms with Gasteiger partial charge in [0.15, 0.2) is 10.7 Å². The normalized spacial score (nSPS) is 11.8. The van der Waals surface area contributed by atoms with Gasteiger partial charge in [-0.3, -0.25) is 25.2 Å². The number of fused-ring (bicyclic) bond motifs is 1. The zero-order valence-electron chi connectivity index (χ0n) is 14.5. The van der Waals surface area contributed by atoms with Gasteiger partial charge in [0.1, 0.15) is 0 Å². The molecule has 0 aliphatic rings. The van der Waals surface area contributed by atoms with E-state index in [2.05, 4.69) is 15.2 Å². The molecule has 3 aromatic rings. The highest BCUT2D eigenvalue weighted by Gasteiger charge is 2.49. The molecule has 2 aromatic heterocycles. The van der Waals surface area contributed by atoms with Gasteiger partial charge in [0.25, 0.3) is 27.2 Å². The zero-order valence-corrected chi connectivity index (χ0v) is 15.3. The second kappa shape index (κ2) is 7.55. The zero-order chi connectivity index (χ0) is 22.1. The van der Waals surface area contributed by atoms with Crippen LogP contribution in [0.5, 0.6) is 0 Å². The van der Waals surface area contributed by atoms with Crippen LogP contribution in [0.3, 0.4) is 0 Å². The smallest absolute Gasteiger partial charge is 0.267 e. The molecule has 156 valence electrons. The minimum Gasteiger partial charge on any atom is -0.267 e. The first-order valence-corrected chi connectivity index (χ1v) is 9.37. The number of nitrogens with zero attached hydrogens (tertiary/aromatic N) is 2. The minimum atomic E-state index is -5.91. The number of alkyl halides is 3. The van der Waals surface area contributed by atoms with Gasteiger partial charge in [0.2, 0.25) is 0 Å². The molecule has 0 atom stereocenters. The maximum Gasteiger partial charge on any atom is 0.503 e. The van der Waals surface area contributed by atoms with Crippen LogP contribution in [0.2, 0.25) is 0 Å². The van der Waals surface area contributed by atoms with E-state index >= 15 is 0 Å². The summed E-state index contributed by atoms with van der Waals surface area (Å²) in [6, 6.07) is 7.76. The molecular weight excluding hydrogens is 431 g/mol. The van der Waals surface area contributed by atoms with E-state index < -0.39 is 43.3 Å². The lowest BCUT2D eigenvalue weighted by Crippen LogP contribution is -2.43. The summed E-state index contributed by atoms with van der Waals surface area (Å²) in [6.45, 7) is 0. The third-order valence-corrected chi connectivity index (χ3v) is 5.22. The summed E-state index contributed by atoms with van der Waals surface area (Å²) in [5.74, 6) is -2.38. The maximum absolute atomic E-state index is 12.8. The molecule has 2 heterocycles. The number of sulfone groups is 1. The van der Waals surface area contributed by atoms with Crippen molar-refractivity contribution < 1.29 is 31.2 Å². The molecule has 0 unspecified atom stereocenters. The number of carbonyl (C=O) groups excluding carboxylic acids is 2. The molecule has 14 heteroatoms. The molecule has 0 saturated heterocycles. The Labute approximate surface area is 165 Å². The second-order valence-corrected chi connectivity index (χ2v) is 7.52. The van der Waals surface area contributed by atoms with E-state index in [0.717, 1.165) is 18.3 Å². The van der Waals surface area contributed by atoms with Gasteiger partial charge in [-0.1, -0.05) is 18.2 Å². The van der Waals surface area contributed by atoms with E-state index in [1.807, 2.05) is 5.43 Å². The molecule has 0 aliphatic heterocycles. The lowest BCUT2D eigenvalue weighted by atomic mass is 10.1. The van der Waals surface area contributed by atoms with E-state index in [-0.39, 0.29) is 16.5 Å². The standard InChI is InChI=1S/C16H10F3N5O5S/c17-16(18,19)30(28,29)15-10(6-3-7-20-15)13(26)23-24-14(27)11-8-4-1-2-5-9(8)12(25)22-21-11/h1-7H,(H,22,25)(H,23,26)(H,24,27). The number of aromatic nitrogens is 3. The van der Waals surface area contributed by atoms with Crippen molar-refractivity contribution in [2.45, 2.75) is 10.5 Å². The van der Waals surface area contributed by atoms with Crippen molar-refractivity contribution in [1.82, 2.24) is 26.0 Å². The van der Waals surface area contributed by atoms with Gasteiger partial charge in [-0.2, -0.15) is 18.3 Å². The van der Waals surface area contributed by atoms with Crippen LogP contribution in [-0.4, -0.2) is 40.9 Å². The number of aromatic amines is 1. The number of hydrazine groups is 1. The number of nitrogens with one attached hydrogen (secondary N) is 3. The van der Waals surface area contributed by atoms with E-state index in [0.29, 0.717) is 0 Å². The van der Waals surface area contributed by atoms with Crippen LogP contribution in [0.4, 0.5) is 13.2 Å². The van der Waals surface area contributed by atoms with E-state index in [1.165, 1.54) is 18.2 Å². The Balaban J connectivity index is 1.87. The van der Waals surface area contributed by atoms with Gasteiger partial charge in [-0.25, -0.2) is 18.5 Å². The summed E-state index contributed by atoms with van der Waals surface area (Å²) in [5.41, 5.74) is -3.78. The number of amides is 2. The Morgan fingerprint density at radius 1 is 0.967 bits per heavy atom. The minimum absolute atomic E-state index is 0.134. The molecule has 30 heavy (non-hydrogen) atoms. The topological polar surface area (TPSA) is 151 Å². The van der Waals surface area contributed by atoms with Crippen molar-refractivity contribution in [2.24, 2.45) is 0 Å². The Morgan fingerprint density at radius 3 is 2.27 bits per heavy atom. The molecule has 0 aliphatic carbocycles. The van der Waals surface area contributed by atoms with Crippen molar-refractivity contribution in [1.29, 1.82) is 0 Å². The Bertz CT molecular complexity index is 1320. The highest BCUT2D eigenvalue weighted by molar-refractivity contribution is 7.92. The number of carbonyl (C=O) groups is 2. The fourth-order valence-electron chi connectivity index (χ4n) is 2.42. The van der Waals surface area contributed by atoms with Gasteiger partial charge in [0.05, 0.1) is 10.9 Å². The highest BCUT2D eigenvalue weighted by Crippen LogP contribution is 2.30. The molecule has 1 aromatic carbocycles. The van der Waals surface area contributed by atoms with E-state index in [4.69, 9.17) is 0 Å². The average Bonchev–Trinajstić information content (AvgIpc) is 2.71. The third-order valence-electron chi connectivity index (χ3n) is 3.78. The first-order valence-electron chi connectivity index (χ1n) is 7.88. The van der Waals surface area contributed by atoms with Gasteiger partial charge >= 0.3 is 5.51 Å². The van der Waals surface area contributed by atoms with Crippen molar-refractivity contribution in [3.05, 3.63) is 64.2 Å². The lowest BCUT2D eigenvalue weighted by molar-refractivity contribution is -0.0438. The molecule has 3 rings (SSSR count). The Kier molecular flexibility index (Phi) is 5.26. The number of H-pyrrole nitrogens is 1. The van der Waals surface area contributed by atoms with Crippen LogP contribution in [-0.2, 0) is 9.84 Å². The number of halogens is 3. The van der Waals surface area contributed by atoms with Crippen molar-refractivity contribution in [3.8, 4) is 0 Å². The molecule has 0 fully saturated rings. The first kappa shape index (κ1) is 20.9. The largest absolute Gasteiger partial charge is 0.503 e. The number of benzene rings is 1. The van der Waals surface area contributed by atoms with Crippen LogP contribution in [0, 0.1) is 0 Å². The van der Waals surface area contributed by atoms with Crippen LogP contribution < -0.4 is 16.4 Å². The average molecular weight is 441 g/mol. The monoisotopic (exact) mass is 441 g/mol. The number of hydrogen-bond acceptors (Lipinski definition) is 7.